The van der Waals surface area contributed by atoms with E-state index < -0.39 is 24.0 Å². The molecule has 0 spiro atoms. The Hall–Kier alpha value is -3.14. The van der Waals surface area contributed by atoms with Gasteiger partial charge in [0.05, 0.1) is 38.0 Å². The lowest BCUT2D eigenvalue weighted by Crippen LogP contribution is -2.46. The van der Waals surface area contributed by atoms with Crippen LogP contribution in [0.5, 0.6) is 11.5 Å². The summed E-state index contributed by atoms with van der Waals surface area (Å²) in [6, 6.07) is 3.17. The molecule has 10 heteroatoms. The van der Waals surface area contributed by atoms with E-state index in [0.717, 1.165) is 6.92 Å². The van der Waals surface area contributed by atoms with Crippen LogP contribution in [0.15, 0.2) is 23.3 Å². The third-order valence-electron chi connectivity index (χ3n) is 4.22. The number of hydrogen-bond acceptors (Lipinski definition) is 7. The Morgan fingerprint density at radius 3 is 2.50 bits per heavy atom. The number of nitrogens with zero attached hydrogens (tertiary/aromatic N) is 2. The fraction of sp³-hybridized carbons (Fsp3) is 0.444. The molecule has 0 aliphatic carbocycles. The molecule has 0 fully saturated rings. The Bertz CT molecular complexity index is 937. The fourth-order valence-electron chi connectivity index (χ4n) is 2.49. The van der Waals surface area contributed by atoms with Gasteiger partial charge in [0.2, 0.25) is 5.91 Å². The lowest BCUT2D eigenvalue weighted by Gasteiger charge is -2.18. The van der Waals surface area contributed by atoms with E-state index in [9.17, 15) is 19.5 Å². The number of fused-ring (bicyclic) bond motifs is 1. The number of carboxylic acid groups (broad SMARTS) is 1. The van der Waals surface area contributed by atoms with Crippen molar-refractivity contribution < 1.29 is 29.3 Å². The number of carbonyl (C=O) groups excluding carboxylic acids is 1. The number of amides is 1. The summed E-state index contributed by atoms with van der Waals surface area (Å²) < 4.78 is 11.8. The first-order chi connectivity index (χ1) is 13.2. The molecule has 0 aliphatic heterocycles. The van der Waals surface area contributed by atoms with Crippen LogP contribution in [0.3, 0.4) is 0 Å². The van der Waals surface area contributed by atoms with E-state index in [4.69, 9.17) is 14.6 Å². The van der Waals surface area contributed by atoms with Crippen LogP contribution in [0.4, 0.5) is 0 Å². The van der Waals surface area contributed by atoms with E-state index >= 15 is 0 Å². The largest absolute Gasteiger partial charge is 0.493 e. The van der Waals surface area contributed by atoms with Gasteiger partial charge >= 0.3 is 5.97 Å². The zero-order valence-corrected chi connectivity index (χ0v) is 15.9. The Kier molecular flexibility index (Phi) is 6.57. The van der Waals surface area contributed by atoms with Gasteiger partial charge in [-0.1, -0.05) is 0 Å². The lowest BCUT2D eigenvalue weighted by atomic mass is 10.1. The second-order valence-electron chi connectivity index (χ2n) is 6.43. The number of aromatic nitrogens is 2. The second kappa shape index (κ2) is 8.70. The number of aliphatic hydroxyl groups is 1. The molecule has 0 radical (unpaired) electrons. The zero-order chi connectivity index (χ0) is 20.9. The lowest BCUT2D eigenvalue weighted by molar-refractivity contribution is -0.156. The van der Waals surface area contributed by atoms with E-state index in [-0.39, 0.29) is 18.5 Å². The Balaban J connectivity index is 2.03. The van der Waals surface area contributed by atoms with Gasteiger partial charge in [0.25, 0.3) is 5.56 Å². The highest BCUT2D eigenvalue weighted by Gasteiger charge is 2.30. The smallest absolute Gasteiger partial charge is 0.337 e. The van der Waals surface area contributed by atoms with Crippen LogP contribution in [-0.2, 0) is 16.1 Å². The number of carboxylic acids is 1. The quantitative estimate of drug-likeness (QED) is 0.547. The van der Waals surface area contributed by atoms with E-state index in [0.29, 0.717) is 28.8 Å². The van der Waals surface area contributed by atoms with Crippen LogP contribution >= 0.6 is 0 Å². The van der Waals surface area contributed by atoms with Gasteiger partial charge in [-0.25, -0.2) is 9.78 Å². The first-order valence-corrected chi connectivity index (χ1v) is 8.53. The van der Waals surface area contributed by atoms with Crippen molar-refractivity contribution in [3.05, 3.63) is 28.8 Å². The van der Waals surface area contributed by atoms with Gasteiger partial charge in [-0.3, -0.25) is 14.2 Å². The van der Waals surface area contributed by atoms with Crippen LogP contribution in [0.25, 0.3) is 10.9 Å². The van der Waals surface area contributed by atoms with Crippen molar-refractivity contribution in [1.82, 2.24) is 14.9 Å². The number of rotatable bonds is 9. The summed E-state index contributed by atoms with van der Waals surface area (Å²) in [4.78, 5) is 39.5. The van der Waals surface area contributed by atoms with Gasteiger partial charge in [-0.05, 0) is 19.4 Å². The highest BCUT2D eigenvalue weighted by molar-refractivity contribution is 5.82. The number of ether oxygens (including phenoxy) is 2. The predicted molar refractivity (Wildman–Crippen MR) is 99.6 cm³/mol. The normalized spacial score (nSPS) is 13.0. The Morgan fingerprint density at radius 1 is 1.25 bits per heavy atom. The van der Waals surface area contributed by atoms with Crippen LogP contribution in [0.1, 0.15) is 19.8 Å². The molecule has 1 amide bonds. The molecular formula is C18H23N3O7. The monoisotopic (exact) mass is 393 g/mol. The van der Waals surface area contributed by atoms with Crippen LogP contribution in [0, 0.1) is 0 Å². The van der Waals surface area contributed by atoms with Crippen molar-refractivity contribution in [3.8, 4) is 11.5 Å². The maximum absolute atomic E-state index is 12.6. The minimum absolute atomic E-state index is 0.0616. The summed E-state index contributed by atoms with van der Waals surface area (Å²) in [5, 5.41) is 21.1. The van der Waals surface area contributed by atoms with E-state index in [1.807, 2.05) is 0 Å². The van der Waals surface area contributed by atoms with Crippen LogP contribution in [-0.4, -0.2) is 58.0 Å². The number of hydrogen-bond donors (Lipinski definition) is 3. The van der Waals surface area contributed by atoms with Gasteiger partial charge in [-0.15, -0.1) is 0 Å². The molecule has 1 aromatic carbocycles. The highest BCUT2D eigenvalue weighted by atomic mass is 16.5. The summed E-state index contributed by atoms with van der Waals surface area (Å²) >= 11 is 0. The summed E-state index contributed by atoms with van der Waals surface area (Å²) in [6.45, 7) is 0.943. The van der Waals surface area contributed by atoms with E-state index in [1.165, 1.54) is 25.1 Å². The standard InChI is InChI=1S/C18H23N3O7/c1-18(26,17(24)25)9-19-15(22)5-4-6-21-10-20-12-8-14(28-3)13(27-2)7-11(12)16(21)23/h7-8,10,26H,4-6,9H2,1-3H3,(H,19,22)(H,24,25). The molecule has 1 unspecified atom stereocenters. The van der Waals surface area contributed by atoms with Crippen LogP contribution in [0.2, 0.25) is 0 Å². The molecule has 0 bridgehead atoms. The number of benzene rings is 1. The molecule has 1 heterocycles. The summed E-state index contributed by atoms with van der Waals surface area (Å²) in [7, 11) is 2.96. The van der Waals surface area contributed by atoms with Gasteiger partial charge in [0.1, 0.15) is 0 Å². The molecule has 3 N–H and O–H groups in total. The van der Waals surface area contributed by atoms with Gasteiger partial charge in [0, 0.05) is 19.0 Å². The van der Waals surface area contributed by atoms with Crippen molar-refractivity contribution in [1.29, 1.82) is 0 Å². The summed E-state index contributed by atoms with van der Waals surface area (Å²) in [6.07, 6.45) is 1.79. The topological polar surface area (TPSA) is 140 Å². The molecule has 10 nitrogen and oxygen atoms in total. The zero-order valence-electron chi connectivity index (χ0n) is 15.9. The van der Waals surface area contributed by atoms with Crippen molar-refractivity contribution >= 4 is 22.8 Å². The minimum Gasteiger partial charge on any atom is -0.493 e. The number of methoxy groups -OCH3 is 2. The Labute approximate surface area is 160 Å². The molecule has 0 saturated carbocycles. The van der Waals surface area contributed by atoms with Crippen LogP contribution < -0.4 is 20.3 Å². The third-order valence-corrected chi connectivity index (χ3v) is 4.22. The molecule has 0 aliphatic rings. The number of nitrogens with one attached hydrogen (secondary N) is 1. The first-order valence-electron chi connectivity index (χ1n) is 8.53. The first kappa shape index (κ1) is 21.2. The second-order valence-corrected chi connectivity index (χ2v) is 6.43. The van der Waals surface area contributed by atoms with E-state index in [1.54, 1.807) is 12.1 Å². The molecule has 2 rings (SSSR count). The van der Waals surface area contributed by atoms with Crippen molar-refractivity contribution in [2.24, 2.45) is 0 Å². The number of aryl methyl sites for hydroxylation is 1. The SMILES string of the molecule is COc1cc2ncn(CCCC(=O)NCC(C)(O)C(=O)O)c(=O)c2cc1OC. The molecule has 28 heavy (non-hydrogen) atoms. The fourth-order valence-corrected chi connectivity index (χ4v) is 2.49. The van der Waals surface area contributed by atoms with Gasteiger partial charge < -0.3 is 25.0 Å². The average Bonchev–Trinajstić information content (AvgIpc) is 2.67. The van der Waals surface area contributed by atoms with Gasteiger partial charge in [0.15, 0.2) is 17.1 Å². The molecule has 0 saturated heterocycles. The number of carbonyl (C=O) groups is 2. The van der Waals surface area contributed by atoms with E-state index in [2.05, 4.69) is 10.3 Å². The average molecular weight is 393 g/mol. The van der Waals surface area contributed by atoms with Crippen molar-refractivity contribution in [2.75, 3.05) is 20.8 Å². The molecule has 152 valence electrons. The summed E-state index contributed by atoms with van der Waals surface area (Å²) in [5.74, 6) is -0.964. The van der Waals surface area contributed by atoms with Crippen molar-refractivity contribution in [3.63, 3.8) is 0 Å². The molecule has 1 atom stereocenters. The maximum atomic E-state index is 12.6. The van der Waals surface area contributed by atoms with Crippen molar-refractivity contribution in [2.45, 2.75) is 31.9 Å². The minimum atomic E-state index is -2.03. The maximum Gasteiger partial charge on any atom is 0.337 e. The predicted octanol–water partition coefficient (Wildman–Crippen LogP) is 0.146. The molecule has 2 aromatic rings. The Morgan fingerprint density at radius 2 is 1.89 bits per heavy atom. The number of aliphatic carboxylic acids is 1. The highest BCUT2D eigenvalue weighted by Crippen LogP contribution is 2.29. The molecular weight excluding hydrogens is 370 g/mol. The molecule has 1 aromatic heterocycles. The van der Waals surface area contributed by atoms with Gasteiger partial charge in [-0.2, -0.15) is 0 Å². The third kappa shape index (κ3) is 4.77. The summed E-state index contributed by atoms with van der Waals surface area (Å²) in [5.41, 5.74) is -1.85.